The molecule has 0 unspecified atom stereocenters. The Kier molecular flexibility index (Phi) is 6.55. The first kappa shape index (κ1) is 22.8. The molecule has 0 bridgehead atoms. The number of fused-ring (bicyclic) bond motifs is 1. The number of carbonyl (C=O) groups is 1. The topological polar surface area (TPSA) is 82.1 Å². The Balaban J connectivity index is 1.45. The van der Waals surface area contributed by atoms with Gasteiger partial charge in [0.2, 0.25) is 5.91 Å². The van der Waals surface area contributed by atoms with Gasteiger partial charge in [0.25, 0.3) is 10.0 Å². The molecule has 4 rings (SSSR count). The number of aliphatic imine (C=N–C) groups is 1. The van der Waals surface area contributed by atoms with Crippen LogP contribution in [0.2, 0.25) is 5.02 Å². The Morgan fingerprint density at radius 2 is 1.81 bits per heavy atom. The van der Waals surface area contributed by atoms with Gasteiger partial charge in [-0.2, -0.15) is 0 Å². The molecular formula is C23H27ClN4O3S. The molecule has 0 spiro atoms. The Morgan fingerprint density at radius 3 is 2.50 bits per heavy atom. The van der Waals surface area contributed by atoms with Gasteiger partial charge in [0.1, 0.15) is 11.9 Å². The average Bonchev–Trinajstić information content (AvgIpc) is 3.02. The van der Waals surface area contributed by atoms with Crippen molar-refractivity contribution >= 4 is 33.4 Å². The van der Waals surface area contributed by atoms with Gasteiger partial charge in [0.15, 0.2) is 0 Å². The van der Waals surface area contributed by atoms with Gasteiger partial charge in [-0.15, -0.1) is 0 Å². The highest BCUT2D eigenvalue weighted by molar-refractivity contribution is 7.90. The van der Waals surface area contributed by atoms with Crippen molar-refractivity contribution < 1.29 is 13.2 Å². The number of piperazine rings is 1. The fraction of sp³-hybridized carbons (Fsp3) is 0.391. The fourth-order valence-electron chi connectivity index (χ4n) is 4.07. The molecule has 0 radical (unpaired) electrons. The van der Waals surface area contributed by atoms with Gasteiger partial charge in [-0.1, -0.05) is 49.7 Å². The van der Waals surface area contributed by atoms with E-state index in [4.69, 9.17) is 11.6 Å². The van der Waals surface area contributed by atoms with Crippen LogP contribution in [0.15, 0.2) is 58.4 Å². The molecule has 0 aliphatic carbocycles. The summed E-state index contributed by atoms with van der Waals surface area (Å²) in [4.78, 5) is 22.2. The van der Waals surface area contributed by atoms with Gasteiger partial charge in [-0.3, -0.25) is 19.4 Å². The van der Waals surface area contributed by atoms with Crippen molar-refractivity contribution in [2.75, 3.05) is 26.2 Å². The van der Waals surface area contributed by atoms with Crippen LogP contribution in [0.25, 0.3) is 0 Å². The van der Waals surface area contributed by atoms with Crippen LogP contribution >= 0.6 is 11.6 Å². The summed E-state index contributed by atoms with van der Waals surface area (Å²) in [7, 11) is -3.64. The van der Waals surface area contributed by atoms with Crippen LogP contribution in [0.4, 0.5) is 0 Å². The van der Waals surface area contributed by atoms with Crippen molar-refractivity contribution in [2.24, 2.45) is 10.9 Å². The molecule has 1 fully saturated rings. The molecule has 2 heterocycles. The Hall–Kier alpha value is -2.42. The van der Waals surface area contributed by atoms with Gasteiger partial charge < -0.3 is 4.90 Å². The SMILES string of the molecule is CC(C)[C@H](N=C1NS(=O)(=O)c2ccccc21)C(=O)N1CCN(Cc2cccc(Cl)c2)CC1. The minimum absolute atomic E-state index is 0.0708. The van der Waals surface area contributed by atoms with Gasteiger partial charge in [0.05, 0.1) is 4.90 Å². The number of rotatable bonds is 5. The maximum absolute atomic E-state index is 13.3. The highest BCUT2D eigenvalue weighted by atomic mass is 35.5. The van der Waals surface area contributed by atoms with Crippen LogP contribution in [0.1, 0.15) is 25.0 Å². The van der Waals surface area contributed by atoms with E-state index in [1.165, 1.54) is 0 Å². The van der Waals surface area contributed by atoms with E-state index in [0.717, 1.165) is 30.2 Å². The lowest BCUT2D eigenvalue weighted by molar-refractivity contribution is -0.135. The summed E-state index contributed by atoms with van der Waals surface area (Å²) in [5.41, 5.74) is 1.66. The number of hydrogen-bond donors (Lipinski definition) is 1. The first-order chi connectivity index (χ1) is 15.2. The monoisotopic (exact) mass is 474 g/mol. The van der Waals surface area contributed by atoms with E-state index in [0.29, 0.717) is 18.7 Å². The number of amides is 1. The third kappa shape index (κ3) is 4.82. The van der Waals surface area contributed by atoms with Crippen molar-refractivity contribution in [1.82, 2.24) is 14.5 Å². The molecule has 2 aromatic carbocycles. The lowest BCUT2D eigenvalue weighted by atomic mass is 10.0. The molecule has 2 aliphatic rings. The number of halogens is 1. The zero-order valence-corrected chi connectivity index (χ0v) is 19.7. The van der Waals surface area contributed by atoms with Gasteiger partial charge in [0, 0.05) is 43.3 Å². The van der Waals surface area contributed by atoms with E-state index in [9.17, 15) is 13.2 Å². The minimum Gasteiger partial charge on any atom is -0.338 e. The van der Waals surface area contributed by atoms with E-state index >= 15 is 0 Å². The standard InChI is InChI=1S/C23H27ClN4O3S/c1-16(2)21(25-22-19-8-3-4-9-20(19)32(30,31)26-22)23(29)28-12-10-27(11-13-28)15-17-6-5-7-18(24)14-17/h3-9,14,16,21H,10-13,15H2,1-2H3,(H,25,26)/t21-/m0/s1. The molecule has 1 saturated heterocycles. The lowest BCUT2D eigenvalue weighted by Gasteiger charge is -2.36. The zero-order chi connectivity index (χ0) is 22.9. The summed E-state index contributed by atoms with van der Waals surface area (Å²) in [5, 5.41) is 0.722. The molecule has 0 saturated carbocycles. The van der Waals surface area contributed by atoms with Crippen molar-refractivity contribution in [1.29, 1.82) is 0 Å². The number of sulfonamides is 1. The average molecular weight is 475 g/mol. The molecule has 1 amide bonds. The Labute approximate surface area is 194 Å². The number of benzene rings is 2. The van der Waals surface area contributed by atoms with Gasteiger partial charge in [-0.05, 0) is 35.7 Å². The summed E-state index contributed by atoms with van der Waals surface area (Å²) in [6, 6.07) is 13.9. The highest BCUT2D eigenvalue weighted by Crippen LogP contribution is 2.24. The molecule has 0 aromatic heterocycles. The quantitative estimate of drug-likeness (QED) is 0.722. The van der Waals surface area contributed by atoms with Crippen LogP contribution in [0.3, 0.4) is 0 Å². The molecule has 2 aromatic rings. The number of hydrogen-bond acceptors (Lipinski definition) is 5. The Bertz CT molecular complexity index is 1140. The second-order valence-electron chi connectivity index (χ2n) is 8.50. The van der Waals surface area contributed by atoms with Crippen LogP contribution in [0.5, 0.6) is 0 Å². The van der Waals surface area contributed by atoms with Crippen molar-refractivity contribution in [2.45, 2.75) is 31.3 Å². The van der Waals surface area contributed by atoms with E-state index in [2.05, 4.69) is 20.7 Å². The number of amidine groups is 1. The van der Waals surface area contributed by atoms with Crippen molar-refractivity contribution in [3.05, 3.63) is 64.7 Å². The third-order valence-corrected chi connectivity index (χ3v) is 7.43. The second-order valence-corrected chi connectivity index (χ2v) is 10.6. The van der Waals surface area contributed by atoms with Crippen LogP contribution in [-0.4, -0.2) is 62.2 Å². The third-order valence-electron chi connectivity index (χ3n) is 5.79. The van der Waals surface area contributed by atoms with Crippen molar-refractivity contribution in [3.8, 4) is 0 Å². The first-order valence-electron chi connectivity index (χ1n) is 10.7. The van der Waals surface area contributed by atoms with E-state index in [1.807, 2.05) is 36.9 Å². The predicted octanol–water partition coefficient (Wildman–Crippen LogP) is 2.75. The van der Waals surface area contributed by atoms with Gasteiger partial charge >= 0.3 is 0 Å². The largest absolute Gasteiger partial charge is 0.338 e. The second kappa shape index (κ2) is 9.21. The zero-order valence-electron chi connectivity index (χ0n) is 18.2. The van der Waals surface area contributed by atoms with Crippen LogP contribution in [0, 0.1) is 5.92 Å². The summed E-state index contributed by atoms with van der Waals surface area (Å²) in [6.45, 7) is 7.38. The fourth-order valence-corrected chi connectivity index (χ4v) is 5.52. The van der Waals surface area contributed by atoms with Crippen LogP contribution in [-0.2, 0) is 21.4 Å². The number of nitrogens with zero attached hydrogens (tertiary/aromatic N) is 3. The maximum atomic E-state index is 13.3. The smallest absolute Gasteiger partial charge is 0.263 e. The molecule has 2 aliphatic heterocycles. The molecule has 9 heteroatoms. The number of carbonyl (C=O) groups excluding carboxylic acids is 1. The summed E-state index contributed by atoms with van der Waals surface area (Å²) < 4.78 is 27.3. The van der Waals surface area contributed by atoms with E-state index in [1.54, 1.807) is 24.3 Å². The predicted molar refractivity (Wildman–Crippen MR) is 125 cm³/mol. The summed E-state index contributed by atoms with van der Waals surface area (Å²) >= 11 is 6.08. The van der Waals surface area contributed by atoms with Crippen molar-refractivity contribution in [3.63, 3.8) is 0 Å². The lowest BCUT2D eigenvalue weighted by Crippen LogP contribution is -2.51. The molecule has 1 N–H and O–H groups in total. The normalized spacial score (nSPS) is 20.2. The summed E-state index contributed by atoms with van der Waals surface area (Å²) in [5.74, 6) is 0.0995. The molecule has 170 valence electrons. The highest BCUT2D eigenvalue weighted by Gasteiger charge is 2.34. The molecule has 32 heavy (non-hydrogen) atoms. The molecule has 7 nitrogen and oxygen atoms in total. The molecule has 1 atom stereocenters. The maximum Gasteiger partial charge on any atom is 0.263 e. The minimum atomic E-state index is -3.64. The van der Waals surface area contributed by atoms with E-state index in [-0.39, 0.29) is 22.6 Å². The first-order valence-corrected chi connectivity index (χ1v) is 12.6. The van der Waals surface area contributed by atoms with E-state index < -0.39 is 16.1 Å². The van der Waals surface area contributed by atoms with Gasteiger partial charge in [-0.25, -0.2) is 8.42 Å². The number of nitrogens with one attached hydrogen (secondary N) is 1. The van der Waals surface area contributed by atoms with Crippen LogP contribution < -0.4 is 4.72 Å². The summed E-state index contributed by atoms with van der Waals surface area (Å²) in [6.07, 6.45) is 0. The Morgan fingerprint density at radius 1 is 1.09 bits per heavy atom. The molecular weight excluding hydrogens is 448 g/mol.